The molecule has 0 aliphatic carbocycles. The van der Waals surface area contributed by atoms with Gasteiger partial charge >= 0.3 is 0 Å². The number of phenols is 1. The monoisotopic (exact) mass is 281 g/mol. The fourth-order valence-corrected chi connectivity index (χ4v) is 2.53. The van der Waals surface area contributed by atoms with Crippen molar-refractivity contribution in [2.75, 3.05) is 0 Å². The Hall–Kier alpha value is -2.75. The van der Waals surface area contributed by atoms with E-state index in [4.69, 9.17) is 4.42 Å². The van der Waals surface area contributed by atoms with Crippen molar-refractivity contribution in [3.8, 4) is 5.75 Å². The molecule has 0 fully saturated rings. The van der Waals surface area contributed by atoms with Crippen LogP contribution in [-0.2, 0) is 4.79 Å². The molecule has 0 aliphatic rings. The Labute approximate surface area is 122 Å². The van der Waals surface area contributed by atoms with Crippen molar-refractivity contribution in [2.24, 2.45) is 0 Å². The predicted molar refractivity (Wildman–Crippen MR) is 80.0 cm³/mol. The molecule has 3 rings (SSSR count). The molecule has 2 N–H and O–H groups in total. The molecule has 4 nitrogen and oxygen atoms in total. The molecule has 1 heterocycles. The minimum atomic E-state index is -0.524. The van der Waals surface area contributed by atoms with E-state index in [9.17, 15) is 9.90 Å². The summed E-state index contributed by atoms with van der Waals surface area (Å²) in [6, 6.07) is 14.2. The van der Waals surface area contributed by atoms with Crippen LogP contribution in [-0.4, -0.2) is 11.0 Å². The smallest absolute Gasteiger partial charge is 0.217 e. The molecule has 1 amide bonds. The third kappa shape index (κ3) is 2.48. The van der Waals surface area contributed by atoms with Crippen LogP contribution in [0.1, 0.15) is 24.3 Å². The van der Waals surface area contributed by atoms with Crippen molar-refractivity contribution < 1.29 is 14.3 Å². The van der Waals surface area contributed by atoms with Gasteiger partial charge in [0.25, 0.3) is 0 Å². The van der Waals surface area contributed by atoms with Crippen molar-refractivity contribution in [1.82, 2.24) is 5.32 Å². The van der Waals surface area contributed by atoms with Crippen LogP contribution >= 0.6 is 0 Å². The number of fused-ring (bicyclic) bond motifs is 1. The lowest BCUT2D eigenvalue weighted by atomic mass is 9.96. The van der Waals surface area contributed by atoms with Crippen LogP contribution in [0.2, 0.25) is 0 Å². The molecule has 1 atom stereocenters. The predicted octanol–water partition coefficient (Wildman–Crippen LogP) is 3.36. The summed E-state index contributed by atoms with van der Waals surface area (Å²) in [5.74, 6) is 0.518. The second kappa shape index (κ2) is 5.32. The van der Waals surface area contributed by atoms with Crippen LogP contribution in [0.15, 0.2) is 59.2 Å². The molecular formula is C17H15NO3. The fourth-order valence-electron chi connectivity index (χ4n) is 2.53. The number of hydrogen-bond donors (Lipinski definition) is 2. The molecule has 106 valence electrons. The zero-order valence-electron chi connectivity index (χ0n) is 11.5. The highest BCUT2D eigenvalue weighted by atomic mass is 16.3. The second-order valence-corrected chi connectivity index (χ2v) is 4.87. The van der Waals surface area contributed by atoms with Gasteiger partial charge in [-0.05, 0) is 29.0 Å². The maximum absolute atomic E-state index is 11.5. The van der Waals surface area contributed by atoms with E-state index in [0.29, 0.717) is 11.3 Å². The van der Waals surface area contributed by atoms with Gasteiger partial charge in [-0.1, -0.05) is 30.3 Å². The summed E-state index contributed by atoms with van der Waals surface area (Å²) >= 11 is 0. The van der Waals surface area contributed by atoms with E-state index in [1.807, 2.05) is 30.3 Å². The summed E-state index contributed by atoms with van der Waals surface area (Å²) in [5.41, 5.74) is 0.637. The van der Waals surface area contributed by atoms with Crippen molar-refractivity contribution in [2.45, 2.75) is 13.0 Å². The summed E-state index contributed by atoms with van der Waals surface area (Å²) < 4.78 is 5.43. The highest BCUT2D eigenvalue weighted by Gasteiger charge is 2.23. The van der Waals surface area contributed by atoms with Crippen LogP contribution < -0.4 is 5.32 Å². The molecular weight excluding hydrogens is 266 g/mol. The van der Waals surface area contributed by atoms with Crippen LogP contribution in [0.5, 0.6) is 5.75 Å². The lowest BCUT2D eigenvalue weighted by Gasteiger charge is -2.19. The summed E-state index contributed by atoms with van der Waals surface area (Å²) in [5, 5.41) is 15.0. The van der Waals surface area contributed by atoms with Crippen molar-refractivity contribution in [1.29, 1.82) is 0 Å². The highest BCUT2D eigenvalue weighted by molar-refractivity contribution is 5.89. The molecule has 0 aliphatic heterocycles. The molecule has 3 aromatic rings. The van der Waals surface area contributed by atoms with Crippen LogP contribution in [0.3, 0.4) is 0 Å². The van der Waals surface area contributed by atoms with E-state index in [1.165, 1.54) is 6.92 Å². The lowest BCUT2D eigenvalue weighted by Crippen LogP contribution is -2.26. The highest BCUT2D eigenvalue weighted by Crippen LogP contribution is 2.35. The van der Waals surface area contributed by atoms with Gasteiger partial charge in [-0.2, -0.15) is 0 Å². The Kier molecular flexibility index (Phi) is 3.36. The van der Waals surface area contributed by atoms with Gasteiger partial charge in [-0.25, -0.2) is 0 Å². The molecule has 0 saturated carbocycles. The van der Waals surface area contributed by atoms with Crippen molar-refractivity contribution >= 4 is 16.7 Å². The van der Waals surface area contributed by atoms with E-state index >= 15 is 0 Å². The van der Waals surface area contributed by atoms with E-state index in [2.05, 4.69) is 5.32 Å². The summed E-state index contributed by atoms with van der Waals surface area (Å²) in [6.45, 7) is 1.44. The number of carbonyl (C=O) groups excluding carboxylic acids is 1. The van der Waals surface area contributed by atoms with Gasteiger partial charge in [0.1, 0.15) is 17.6 Å². The third-order valence-corrected chi connectivity index (χ3v) is 3.41. The number of nitrogens with one attached hydrogen (secondary N) is 1. The average molecular weight is 281 g/mol. The first kappa shape index (κ1) is 13.2. The van der Waals surface area contributed by atoms with Gasteiger partial charge in [0.15, 0.2) is 0 Å². The molecule has 0 unspecified atom stereocenters. The molecule has 21 heavy (non-hydrogen) atoms. The standard InChI is InChI=1S/C17H15NO3/c1-11(19)18-17(15-7-4-10-21-15)16-13-6-3-2-5-12(13)8-9-14(16)20/h2-10,17,20H,1H3,(H,18,19)/t17-/m1/s1. The number of furan rings is 1. The van der Waals surface area contributed by atoms with Gasteiger partial charge in [0.05, 0.1) is 6.26 Å². The molecule has 0 radical (unpaired) electrons. The first-order valence-electron chi connectivity index (χ1n) is 6.68. The van der Waals surface area contributed by atoms with Crippen LogP contribution in [0.4, 0.5) is 0 Å². The molecule has 0 bridgehead atoms. The fraction of sp³-hybridized carbons (Fsp3) is 0.118. The number of rotatable bonds is 3. The van der Waals surface area contributed by atoms with E-state index < -0.39 is 6.04 Å². The summed E-state index contributed by atoms with van der Waals surface area (Å²) in [7, 11) is 0. The molecule has 4 heteroatoms. The van der Waals surface area contributed by atoms with Gasteiger partial charge in [-0.15, -0.1) is 0 Å². The number of benzene rings is 2. The summed E-state index contributed by atoms with van der Waals surface area (Å²) in [4.78, 5) is 11.5. The Bertz CT molecular complexity index is 778. The SMILES string of the molecule is CC(=O)N[C@H](c1ccco1)c1c(O)ccc2ccccc12. The molecule has 0 saturated heterocycles. The second-order valence-electron chi connectivity index (χ2n) is 4.87. The quantitative estimate of drug-likeness (QED) is 0.773. The third-order valence-electron chi connectivity index (χ3n) is 3.41. The first-order valence-corrected chi connectivity index (χ1v) is 6.68. The van der Waals surface area contributed by atoms with Gasteiger partial charge < -0.3 is 14.8 Å². The first-order chi connectivity index (χ1) is 10.2. The molecule has 0 spiro atoms. The maximum Gasteiger partial charge on any atom is 0.217 e. The number of amides is 1. The number of carbonyl (C=O) groups is 1. The van der Waals surface area contributed by atoms with Gasteiger partial charge in [-0.3, -0.25) is 4.79 Å². The van der Waals surface area contributed by atoms with E-state index in [0.717, 1.165) is 10.8 Å². The number of phenolic OH excluding ortho intramolecular Hbond substituents is 1. The lowest BCUT2D eigenvalue weighted by molar-refractivity contribution is -0.119. The maximum atomic E-state index is 11.5. The zero-order chi connectivity index (χ0) is 14.8. The number of hydrogen-bond acceptors (Lipinski definition) is 3. The number of aromatic hydroxyl groups is 1. The molecule has 1 aromatic heterocycles. The van der Waals surface area contributed by atoms with Crippen molar-refractivity contribution in [3.63, 3.8) is 0 Å². The Morgan fingerprint density at radius 2 is 1.95 bits per heavy atom. The zero-order valence-corrected chi connectivity index (χ0v) is 11.5. The van der Waals surface area contributed by atoms with E-state index in [1.54, 1.807) is 24.5 Å². The Balaban J connectivity index is 2.23. The van der Waals surface area contributed by atoms with Crippen molar-refractivity contribution in [3.05, 3.63) is 66.1 Å². The van der Waals surface area contributed by atoms with Crippen LogP contribution in [0, 0.1) is 0 Å². The Morgan fingerprint density at radius 1 is 1.14 bits per heavy atom. The van der Waals surface area contributed by atoms with Gasteiger partial charge in [0, 0.05) is 12.5 Å². The molecule has 2 aromatic carbocycles. The largest absolute Gasteiger partial charge is 0.508 e. The normalized spacial score (nSPS) is 12.2. The topological polar surface area (TPSA) is 62.5 Å². The average Bonchev–Trinajstić information content (AvgIpc) is 2.99. The van der Waals surface area contributed by atoms with Crippen LogP contribution in [0.25, 0.3) is 10.8 Å². The summed E-state index contributed by atoms with van der Waals surface area (Å²) in [6.07, 6.45) is 1.55. The minimum Gasteiger partial charge on any atom is -0.508 e. The van der Waals surface area contributed by atoms with Gasteiger partial charge in [0.2, 0.25) is 5.91 Å². The van der Waals surface area contributed by atoms with E-state index in [-0.39, 0.29) is 11.7 Å². The minimum absolute atomic E-state index is 0.129. The Morgan fingerprint density at radius 3 is 2.67 bits per heavy atom.